The predicted molar refractivity (Wildman–Crippen MR) is 84.4 cm³/mol. The van der Waals surface area contributed by atoms with Gasteiger partial charge in [-0.25, -0.2) is 9.66 Å². The quantitative estimate of drug-likeness (QED) is 0.680. The number of benzene rings is 1. The van der Waals surface area contributed by atoms with Crippen molar-refractivity contribution in [2.45, 2.75) is 12.8 Å². The third-order valence-corrected chi connectivity index (χ3v) is 3.31. The molecule has 23 heavy (non-hydrogen) atoms. The molecule has 3 aromatic rings. The van der Waals surface area contributed by atoms with Crippen molar-refractivity contribution in [2.24, 2.45) is 0 Å². The number of carbonyl (C=O) groups is 2. The van der Waals surface area contributed by atoms with Crippen molar-refractivity contribution < 1.29 is 14.0 Å². The van der Waals surface area contributed by atoms with Crippen molar-refractivity contribution in [2.75, 3.05) is 12.0 Å². The van der Waals surface area contributed by atoms with Crippen LogP contribution in [0.25, 0.3) is 11.0 Å². The second kappa shape index (κ2) is 6.78. The minimum Gasteiger partial charge on any atom is -0.459 e. The van der Waals surface area contributed by atoms with E-state index in [1.54, 1.807) is 23.1 Å². The number of fused-ring (bicyclic) bond motifs is 1. The fraction of sp³-hybridized carbons (Fsp3) is 0.188. The lowest BCUT2D eigenvalue weighted by Gasteiger charge is -2.07. The molecule has 0 aliphatic carbocycles. The number of imidazole rings is 1. The highest BCUT2D eigenvalue weighted by molar-refractivity contribution is 5.91. The molecule has 7 heteroatoms. The van der Waals surface area contributed by atoms with Crippen molar-refractivity contribution in [3.63, 3.8) is 0 Å². The molecule has 3 rings (SSSR count). The number of hydrogen-bond donors (Lipinski definition) is 2. The first-order chi connectivity index (χ1) is 11.2. The van der Waals surface area contributed by atoms with Crippen molar-refractivity contribution in [1.82, 2.24) is 15.0 Å². The Kier molecular flexibility index (Phi) is 4.37. The second-order valence-electron chi connectivity index (χ2n) is 4.98. The maximum Gasteiger partial charge on any atom is 0.286 e. The number of nitrogens with one attached hydrogen (secondary N) is 2. The molecule has 2 N–H and O–H groups in total. The molecule has 0 saturated carbocycles. The lowest BCUT2D eigenvalue weighted by molar-refractivity contribution is -0.117. The summed E-state index contributed by atoms with van der Waals surface area (Å²) in [6, 6.07) is 10.8. The predicted octanol–water partition coefficient (Wildman–Crippen LogP) is 1.91. The number of amides is 2. The molecule has 0 spiro atoms. The number of hydrogen-bond acceptors (Lipinski definition) is 4. The van der Waals surface area contributed by atoms with Crippen molar-refractivity contribution >= 4 is 22.8 Å². The third-order valence-electron chi connectivity index (χ3n) is 3.31. The lowest BCUT2D eigenvalue weighted by Crippen LogP contribution is -2.26. The first kappa shape index (κ1) is 14.8. The molecule has 0 fully saturated rings. The molecule has 2 aromatic heterocycles. The molecule has 0 unspecified atom stereocenters. The average molecular weight is 312 g/mol. The van der Waals surface area contributed by atoms with Crippen LogP contribution in [0, 0.1) is 0 Å². The van der Waals surface area contributed by atoms with Crippen LogP contribution in [0.4, 0.5) is 0 Å². The highest BCUT2D eigenvalue weighted by Crippen LogP contribution is 2.10. The number of aromatic nitrogens is 2. The Hall–Kier alpha value is -3.09. The van der Waals surface area contributed by atoms with Crippen LogP contribution in [-0.2, 0) is 4.79 Å². The molecular weight excluding hydrogens is 296 g/mol. The summed E-state index contributed by atoms with van der Waals surface area (Å²) in [4.78, 5) is 27.8. The molecule has 0 bridgehead atoms. The van der Waals surface area contributed by atoms with Crippen LogP contribution < -0.4 is 10.7 Å². The second-order valence-corrected chi connectivity index (χ2v) is 4.98. The standard InChI is InChI=1S/C16H16N4O3/c21-15(8-3-9-17-16(22)14-7-4-10-23-14)19-20-11-18-12-5-1-2-6-13(12)20/h1-2,4-7,10-11H,3,8-9H2,(H,17,22)(H,19,21). The minimum atomic E-state index is -0.281. The molecule has 7 nitrogen and oxygen atoms in total. The molecule has 118 valence electrons. The normalized spacial score (nSPS) is 10.6. The summed E-state index contributed by atoms with van der Waals surface area (Å²) >= 11 is 0. The Labute approximate surface area is 132 Å². The smallest absolute Gasteiger partial charge is 0.286 e. The maximum absolute atomic E-state index is 11.9. The van der Waals surface area contributed by atoms with Gasteiger partial charge in [0.05, 0.1) is 17.3 Å². The van der Waals surface area contributed by atoms with E-state index in [1.807, 2.05) is 24.3 Å². The summed E-state index contributed by atoms with van der Waals surface area (Å²) in [7, 11) is 0. The van der Waals surface area contributed by atoms with E-state index in [2.05, 4.69) is 15.7 Å². The summed E-state index contributed by atoms with van der Waals surface area (Å²) in [6.07, 6.45) is 3.84. The van der Waals surface area contributed by atoms with Crippen LogP contribution in [0.2, 0.25) is 0 Å². The molecule has 0 saturated heterocycles. The van der Waals surface area contributed by atoms with Gasteiger partial charge in [-0.15, -0.1) is 0 Å². The van der Waals surface area contributed by atoms with Gasteiger partial charge in [-0.3, -0.25) is 15.0 Å². The van der Waals surface area contributed by atoms with Crippen LogP contribution >= 0.6 is 0 Å². The maximum atomic E-state index is 11.9. The fourth-order valence-electron chi connectivity index (χ4n) is 2.18. The van der Waals surface area contributed by atoms with Gasteiger partial charge in [0.25, 0.3) is 5.91 Å². The Morgan fingerprint density at radius 1 is 1.17 bits per heavy atom. The summed E-state index contributed by atoms with van der Waals surface area (Å²) in [5.41, 5.74) is 4.42. The zero-order chi connectivity index (χ0) is 16.1. The van der Waals surface area contributed by atoms with Crippen molar-refractivity contribution in [1.29, 1.82) is 0 Å². The molecule has 2 heterocycles. The number of para-hydroxylation sites is 2. The molecule has 0 aliphatic heterocycles. The Morgan fingerprint density at radius 2 is 2.04 bits per heavy atom. The molecular formula is C16H16N4O3. The van der Waals surface area contributed by atoms with E-state index in [1.165, 1.54) is 6.26 Å². The van der Waals surface area contributed by atoms with E-state index >= 15 is 0 Å². The van der Waals surface area contributed by atoms with Gasteiger partial charge in [0.15, 0.2) is 5.76 Å². The third kappa shape index (κ3) is 3.57. The van der Waals surface area contributed by atoms with E-state index in [-0.39, 0.29) is 17.6 Å². The van der Waals surface area contributed by atoms with Gasteiger partial charge in [0, 0.05) is 13.0 Å². The van der Waals surface area contributed by atoms with E-state index < -0.39 is 0 Å². The number of rotatable bonds is 6. The van der Waals surface area contributed by atoms with E-state index in [9.17, 15) is 9.59 Å². The molecule has 0 aliphatic rings. The van der Waals surface area contributed by atoms with E-state index in [0.717, 1.165) is 11.0 Å². The van der Waals surface area contributed by atoms with Crippen molar-refractivity contribution in [3.8, 4) is 0 Å². The molecule has 2 amide bonds. The van der Waals surface area contributed by atoms with Crippen LogP contribution in [0.3, 0.4) is 0 Å². The van der Waals surface area contributed by atoms with Crippen LogP contribution in [-0.4, -0.2) is 28.0 Å². The Bertz CT molecular complexity index is 808. The van der Waals surface area contributed by atoms with Gasteiger partial charge in [-0.05, 0) is 30.7 Å². The zero-order valence-corrected chi connectivity index (χ0v) is 12.4. The fourth-order valence-corrected chi connectivity index (χ4v) is 2.18. The summed E-state index contributed by atoms with van der Waals surface area (Å²) < 4.78 is 6.58. The lowest BCUT2D eigenvalue weighted by atomic mass is 10.3. The highest BCUT2D eigenvalue weighted by Gasteiger charge is 2.08. The topological polar surface area (TPSA) is 89.2 Å². The number of furan rings is 1. The van der Waals surface area contributed by atoms with Gasteiger partial charge < -0.3 is 9.73 Å². The summed E-state index contributed by atoms with van der Waals surface area (Å²) in [6.45, 7) is 0.400. The SMILES string of the molecule is O=C(CCCNC(=O)c1ccco1)Nn1cnc2ccccc21. The summed E-state index contributed by atoms with van der Waals surface area (Å²) in [5, 5.41) is 2.70. The van der Waals surface area contributed by atoms with Crippen molar-refractivity contribution in [3.05, 3.63) is 54.7 Å². The molecule has 1 aromatic carbocycles. The van der Waals surface area contributed by atoms with E-state index in [0.29, 0.717) is 19.4 Å². The highest BCUT2D eigenvalue weighted by atomic mass is 16.3. The molecule has 0 radical (unpaired) electrons. The van der Waals surface area contributed by atoms with Gasteiger partial charge in [0.1, 0.15) is 6.33 Å². The van der Waals surface area contributed by atoms with Crippen LogP contribution in [0.5, 0.6) is 0 Å². The van der Waals surface area contributed by atoms with Crippen LogP contribution in [0.1, 0.15) is 23.4 Å². The van der Waals surface area contributed by atoms with Gasteiger partial charge >= 0.3 is 0 Å². The monoisotopic (exact) mass is 312 g/mol. The van der Waals surface area contributed by atoms with Crippen LogP contribution in [0.15, 0.2) is 53.4 Å². The Morgan fingerprint density at radius 3 is 2.87 bits per heavy atom. The largest absolute Gasteiger partial charge is 0.459 e. The summed E-state index contributed by atoms with van der Waals surface area (Å²) in [5.74, 6) is -0.157. The molecule has 0 atom stereocenters. The number of nitrogens with zero attached hydrogens (tertiary/aromatic N) is 2. The first-order valence-corrected chi connectivity index (χ1v) is 7.28. The minimum absolute atomic E-state index is 0.139. The number of carbonyl (C=O) groups excluding carboxylic acids is 2. The van der Waals surface area contributed by atoms with E-state index in [4.69, 9.17) is 4.42 Å². The van der Waals surface area contributed by atoms with Gasteiger partial charge in [0.2, 0.25) is 5.91 Å². The zero-order valence-electron chi connectivity index (χ0n) is 12.4. The van der Waals surface area contributed by atoms with Gasteiger partial charge in [-0.2, -0.15) is 0 Å². The first-order valence-electron chi connectivity index (χ1n) is 7.28. The van der Waals surface area contributed by atoms with Gasteiger partial charge in [-0.1, -0.05) is 12.1 Å². The average Bonchev–Trinajstić information content (AvgIpc) is 3.22. The Balaban J connectivity index is 1.44.